The van der Waals surface area contributed by atoms with Gasteiger partial charge in [0.15, 0.2) is 0 Å². The van der Waals surface area contributed by atoms with Crippen molar-refractivity contribution in [1.82, 2.24) is 9.80 Å². The second kappa shape index (κ2) is 14.2. The highest BCUT2D eigenvalue weighted by molar-refractivity contribution is 7.09. The Hall–Kier alpha value is -2.18. The molecular formula is C27H38N2O3S. The molecule has 1 heterocycles. The van der Waals surface area contributed by atoms with Crippen LogP contribution in [0.4, 0.5) is 0 Å². The molecule has 0 bridgehead atoms. The van der Waals surface area contributed by atoms with Crippen molar-refractivity contribution < 1.29 is 14.3 Å². The number of carbonyl (C=O) groups excluding carboxylic acids is 2. The van der Waals surface area contributed by atoms with Crippen molar-refractivity contribution >= 4 is 23.2 Å². The smallest absolute Gasteiger partial charge is 0.242 e. The molecule has 0 aliphatic heterocycles. The highest BCUT2D eigenvalue weighted by Crippen LogP contribution is 2.28. The van der Waals surface area contributed by atoms with Gasteiger partial charge in [-0.05, 0) is 42.7 Å². The van der Waals surface area contributed by atoms with Crippen LogP contribution in [0.25, 0.3) is 0 Å². The fourth-order valence-electron chi connectivity index (χ4n) is 4.47. The van der Waals surface area contributed by atoms with Gasteiger partial charge >= 0.3 is 0 Å². The zero-order valence-corrected chi connectivity index (χ0v) is 20.7. The van der Waals surface area contributed by atoms with Crippen molar-refractivity contribution in [3.8, 4) is 0 Å². The topological polar surface area (TPSA) is 49.9 Å². The number of hydrogen-bond acceptors (Lipinski definition) is 4. The molecule has 1 aromatic carbocycles. The van der Waals surface area contributed by atoms with Gasteiger partial charge in [0, 0.05) is 37.6 Å². The average molecular weight is 471 g/mol. The lowest BCUT2D eigenvalue weighted by Gasteiger charge is -2.28. The molecule has 1 aromatic heterocycles. The molecule has 2 aromatic rings. The summed E-state index contributed by atoms with van der Waals surface area (Å²) < 4.78 is 5.47. The van der Waals surface area contributed by atoms with Gasteiger partial charge in [0.25, 0.3) is 0 Å². The third kappa shape index (κ3) is 8.94. The maximum Gasteiger partial charge on any atom is 0.242 e. The summed E-state index contributed by atoms with van der Waals surface area (Å²) in [6.07, 6.45) is 7.28. The normalized spacial score (nSPS) is 13.8. The van der Waals surface area contributed by atoms with Gasteiger partial charge in [0.1, 0.15) is 0 Å². The Morgan fingerprint density at radius 3 is 2.48 bits per heavy atom. The Morgan fingerprint density at radius 1 is 1.00 bits per heavy atom. The van der Waals surface area contributed by atoms with Crippen LogP contribution in [0.1, 0.15) is 62.3 Å². The lowest BCUT2D eigenvalue weighted by Crippen LogP contribution is -2.43. The molecular weight excluding hydrogens is 432 g/mol. The second-order valence-electron chi connectivity index (χ2n) is 8.87. The lowest BCUT2D eigenvalue weighted by molar-refractivity contribution is -0.141. The molecule has 5 nitrogen and oxygen atoms in total. The molecule has 0 N–H and O–H groups in total. The van der Waals surface area contributed by atoms with E-state index >= 15 is 0 Å². The van der Waals surface area contributed by atoms with Crippen LogP contribution in [0.2, 0.25) is 0 Å². The van der Waals surface area contributed by atoms with E-state index in [1.165, 1.54) is 25.7 Å². The van der Waals surface area contributed by atoms with Crippen LogP contribution in [0, 0.1) is 5.92 Å². The molecule has 0 radical (unpaired) electrons. The summed E-state index contributed by atoms with van der Waals surface area (Å²) in [5.74, 6) is 0.767. The van der Waals surface area contributed by atoms with E-state index in [4.69, 9.17) is 4.74 Å². The predicted molar refractivity (Wildman–Crippen MR) is 134 cm³/mol. The highest BCUT2D eigenvalue weighted by atomic mass is 32.1. The van der Waals surface area contributed by atoms with Crippen LogP contribution in [0.3, 0.4) is 0 Å². The van der Waals surface area contributed by atoms with Gasteiger partial charge in [-0.3, -0.25) is 9.59 Å². The van der Waals surface area contributed by atoms with E-state index in [9.17, 15) is 9.59 Å². The third-order valence-electron chi connectivity index (χ3n) is 6.34. The summed E-state index contributed by atoms with van der Waals surface area (Å²) in [6.45, 7) is 5.05. The lowest BCUT2D eigenvalue weighted by atomic mass is 10.0. The molecule has 0 atom stereocenters. The van der Waals surface area contributed by atoms with Gasteiger partial charge in [0.2, 0.25) is 11.8 Å². The number of benzene rings is 1. The van der Waals surface area contributed by atoms with Crippen molar-refractivity contribution in [2.24, 2.45) is 5.92 Å². The van der Waals surface area contributed by atoms with Crippen LogP contribution in [0.15, 0.2) is 47.8 Å². The third-order valence-corrected chi connectivity index (χ3v) is 7.20. The zero-order valence-electron chi connectivity index (χ0n) is 19.9. The minimum Gasteiger partial charge on any atom is -0.382 e. The molecule has 1 saturated carbocycles. The Kier molecular flexibility index (Phi) is 10.9. The quantitative estimate of drug-likeness (QED) is 0.343. The molecule has 0 saturated heterocycles. The Bertz CT molecular complexity index is 819. The Morgan fingerprint density at radius 2 is 1.79 bits per heavy atom. The van der Waals surface area contributed by atoms with Crippen LogP contribution >= 0.6 is 11.3 Å². The molecule has 6 heteroatoms. The first kappa shape index (κ1) is 25.4. The second-order valence-corrected chi connectivity index (χ2v) is 9.90. The summed E-state index contributed by atoms with van der Waals surface area (Å²) in [5, 5.41) is 2.03. The summed E-state index contributed by atoms with van der Waals surface area (Å²) in [4.78, 5) is 31.3. The molecule has 0 unspecified atom stereocenters. The van der Waals surface area contributed by atoms with Gasteiger partial charge < -0.3 is 14.5 Å². The van der Waals surface area contributed by atoms with Gasteiger partial charge in [-0.25, -0.2) is 0 Å². The SMILES string of the molecule is CCOCCCN(CC(=O)N(Cc1ccccc1)Cc1cccs1)C(=O)CCC1CCCC1. The average Bonchev–Trinajstić information content (AvgIpc) is 3.54. The van der Waals surface area contributed by atoms with Crippen molar-refractivity contribution in [2.75, 3.05) is 26.3 Å². The minimum atomic E-state index is -0.00196. The molecule has 1 fully saturated rings. The first-order valence-electron chi connectivity index (χ1n) is 12.3. The largest absolute Gasteiger partial charge is 0.382 e. The predicted octanol–water partition coefficient (Wildman–Crippen LogP) is 5.50. The first-order valence-corrected chi connectivity index (χ1v) is 13.2. The molecule has 0 spiro atoms. The summed E-state index contributed by atoms with van der Waals surface area (Å²) >= 11 is 1.66. The molecule has 33 heavy (non-hydrogen) atoms. The number of nitrogens with zero attached hydrogens (tertiary/aromatic N) is 2. The summed E-state index contributed by atoms with van der Waals surface area (Å²) in [5.41, 5.74) is 1.10. The highest BCUT2D eigenvalue weighted by Gasteiger charge is 2.23. The molecule has 2 amide bonds. The van der Waals surface area contributed by atoms with Crippen LogP contribution < -0.4 is 0 Å². The van der Waals surface area contributed by atoms with Gasteiger partial charge in [-0.15, -0.1) is 11.3 Å². The van der Waals surface area contributed by atoms with Gasteiger partial charge in [0.05, 0.1) is 13.1 Å². The minimum absolute atomic E-state index is 0.00196. The standard InChI is InChI=1S/C27H38N2O3S/c1-2-32-18-9-17-28(26(30)16-15-23-10-6-7-11-23)22-27(31)29(21-25-14-8-19-33-25)20-24-12-4-3-5-13-24/h3-5,8,12-14,19,23H,2,6-7,9-11,15-18,20-22H2,1H3. The fraction of sp³-hybridized carbons (Fsp3) is 0.556. The molecule has 1 aliphatic carbocycles. The first-order chi connectivity index (χ1) is 16.2. The Labute approximate surface area is 202 Å². The number of hydrogen-bond donors (Lipinski definition) is 0. The van der Waals surface area contributed by atoms with E-state index in [1.54, 1.807) is 16.2 Å². The van der Waals surface area contributed by atoms with E-state index in [2.05, 4.69) is 6.07 Å². The van der Waals surface area contributed by atoms with E-state index < -0.39 is 0 Å². The number of amides is 2. The molecule has 180 valence electrons. The number of rotatable bonds is 14. The van der Waals surface area contributed by atoms with E-state index in [-0.39, 0.29) is 18.4 Å². The number of ether oxygens (including phenoxy) is 1. The van der Waals surface area contributed by atoms with Crippen LogP contribution in [0.5, 0.6) is 0 Å². The van der Waals surface area contributed by atoms with Crippen molar-refractivity contribution in [2.45, 2.75) is 65.0 Å². The van der Waals surface area contributed by atoms with Crippen molar-refractivity contribution in [3.05, 3.63) is 58.3 Å². The van der Waals surface area contributed by atoms with Gasteiger partial charge in [-0.1, -0.05) is 62.1 Å². The van der Waals surface area contributed by atoms with Crippen molar-refractivity contribution in [3.63, 3.8) is 0 Å². The number of thiophene rings is 1. The van der Waals surface area contributed by atoms with E-state index in [0.29, 0.717) is 45.2 Å². The van der Waals surface area contributed by atoms with E-state index in [0.717, 1.165) is 23.3 Å². The summed E-state index contributed by atoms with van der Waals surface area (Å²) in [7, 11) is 0. The van der Waals surface area contributed by atoms with Gasteiger partial charge in [-0.2, -0.15) is 0 Å². The molecule has 1 aliphatic rings. The maximum absolute atomic E-state index is 13.4. The summed E-state index contributed by atoms with van der Waals surface area (Å²) in [6, 6.07) is 14.1. The monoisotopic (exact) mass is 470 g/mol. The molecule has 3 rings (SSSR count). The van der Waals surface area contributed by atoms with Crippen molar-refractivity contribution in [1.29, 1.82) is 0 Å². The van der Waals surface area contributed by atoms with Crippen LogP contribution in [-0.2, 0) is 27.4 Å². The fourth-order valence-corrected chi connectivity index (χ4v) is 5.19. The number of carbonyl (C=O) groups is 2. The maximum atomic E-state index is 13.4. The Balaban J connectivity index is 1.64. The zero-order chi connectivity index (χ0) is 23.3. The van der Waals surface area contributed by atoms with Crippen LogP contribution in [-0.4, -0.2) is 47.9 Å². The van der Waals surface area contributed by atoms with E-state index in [1.807, 2.05) is 53.6 Å².